The predicted molar refractivity (Wildman–Crippen MR) is 104 cm³/mol. The second-order valence-electron chi connectivity index (χ2n) is 5.05. The topological polar surface area (TPSA) is 66.5 Å². The molecule has 7 heteroatoms. The van der Waals surface area contributed by atoms with Crippen LogP contribution in [0.5, 0.6) is 0 Å². The van der Waals surface area contributed by atoms with Crippen LogP contribution in [0.25, 0.3) is 0 Å². The first-order valence-corrected chi connectivity index (χ1v) is 10.1. The smallest absolute Gasteiger partial charge is 0.255 e. The molecule has 0 bridgehead atoms. The number of hydrogen-bond donors (Lipinski definition) is 1. The number of para-hydroxylation sites is 1. The van der Waals surface area contributed by atoms with Crippen LogP contribution in [0.15, 0.2) is 53.4 Å². The number of carbonyl (C=O) groups excluding carboxylic acids is 1. The van der Waals surface area contributed by atoms with Gasteiger partial charge in [0.1, 0.15) is 0 Å². The van der Waals surface area contributed by atoms with Gasteiger partial charge in [0.15, 0.2) is 0 Å². The number of rotatable bonds is 6. The fourth-order valence-corrected chi connectivity index (χ4v) is 4.29. The summed E-state index contributed by atoms with van der Waals surface area (Å²) in [6, 6.07) is 13.5. The molecule has 1 N–H and O–H groups in total. The van der Waals surface area contributed by atoms with E-state index in [1.54, 1.807) is 32.0 Å². The lowest BCUT2D eigenvalue weighted by atomic mass is 10.2. The van der Waals surface area contributed by atoms with Crippen LogP contribution >= 0.6 is 22.6 Å². The minimum absolute atomic E-state index is 0.126. The monoisotopic (exact) mass is 458 g/mol. The summed E-state index contributed by atoms with van der Waals surface area (Å²) in [5.41, 5.74) is 1.00. The van der Waals surface area contributed by atoms with Crippen molar-refractivity contribution in [2.75, 3.05) is 18.4 Å². The van der Waals surface area contributed by atoms with Gasteiger partial charge in [0.25, 0.3) is 5.91 Å². The molecule has 24 heavy (non-hydrogen) atoms. The lowest BCUT2D eigenvalue weighted by Gasteiger charge is -2.18. The minimum Gasteiger partial charge on any atom is -0.321 e. The van der Waals surface area contributed by atoms with E-state index in [2.05, 4.69) is 27.9 Å². The summed E-state index contributed by atoms with van der Waals surface area (Å²) in [4.78, 5) is 12.6. The number of nitrogens with one attached hydrogen (secondary N) is 1. The zero-order valence-electron chi connectivity index (χ0n) is 13.5. The van der Waals surface area contributed by atoms with Crippen molar-refractivity contribution < 1.29 is 13.2 Å². The Labute approximate surface area is 156 Å². The number of halogens is 1. The zero-order chi connectivity index (χ0) is 17.7. The molecule has 0 atom stereocenters. The molecule has 1 amide bonds. The highest BCUT2D eigenvalue weighted by Crippen LogP contribution is 2.20. The van der Waals surface area contributed by atoms with E-state index in [0.717, 1.165) is 3.57 Å². The van der Waals surface area contributed by atoms with Crippen molar-refractivity contribution in [2.24, 2.45) is 0 Å². The van der Waals surface area contributed by atoms with Crippen LogP contribution in [0.4, 0.5) is 5.69 Å². The molecule has 2 rings (SSSR count). The maximum Gasteiger partial charge on any atom is 0.255 e. The van der Waals surface area contributed by atoms with E-state index in [9.17, 15) is 13.2 Å². The quantitative estimate of drug-likeness (QED) is 0.674. The van der Waals surface area contributed by atoms with Crippen LogP contribution in [-0.2, 0) is 10.0 Å². The van der Waals surface area contributed by atoms with Crippen molar-refractivity contribution in [1.29, 1.82) is 0 Å². The van der Waals surface area contributed by atoms with Crippen LogP contribution in [-0.4, -0.2) is 31.7 Å². The third kappa shape index (κ3) is 4.14. The Morgan fingerprint density at radius 3 is 2.38 bits per heavy atom. The molecule has 5 nitrogen and oxygen atoms in total. The van der Waals surface area contributed by atoms with Crippen LogP contribution in [0.2, 0.25) is 0 Å². The van der Waals surface area contributed by atoms with Gasteiger partial charge in [-0.1, -0.05) is 32.0 Å². The molecule has 0 saturated carbocycles. The van der Waals surface area contributed by atoms with Crippen LogP contribution in [0.1, 0.15) is 24.2 Å². The molecular weight excluding hydrogens is 439 g/mol. The molecule has 128 valence electrons. The minimum atomic E-state index is -3.59. The van der Waals surface area contributed by atoms with E-state index in [1.807, 2.05) is 18.2 Å². The van der Waals surface area contributed by atoms with E-state index >= 15 is 0 Å². The largest absolute Gasteiger partial charge is 0.321 e. The Kier molecular flexibility index (Phi) is 6.36. The van der Waals surface area contributed by atoms with Crippen molar-refractivity contribution in [1.82, 2.24) is 4.31 Å². The Balaban J connectivity index is 2.30. The molecule has 0 spiro atoms. The Hall–Kier alpha value is -1.45. The number of sulfonamides is 1. The second-order valence-corrected chi connectivity index (χ2v) is 8.15. The highest BCUT2D eigenvalue weighted by atomic mass is 127. The molecule has 0 heterocycles. The normalized spacial score (nSPS) is 11.5. The molecule has 0 saturated heterocycles. The number of carbonyl (C=O) groups is 1. The van der Waals surface area contributed by atoms with Crippen LogP contribution in [0.3, 0.4) is 0 Å². The van der Waals surface area contributed by atoms with E-state index in [1.165, 1.54) is 16.4 Å². The van der Waals surface area contributed by atoms with Gasteiger partial charge < -0.3 is 5.32 Å². The van der Waals surface area contributed by atoms with Gasteiger partial charge in [0.05, 0.1) is 10.6 Å². The van der Waals surface area contributed by atoms with Crippen molar-refractivity contribution in [3.05, 3.63) is 57.7 Å². The summed E-state index contributed by atoms with van der Waals surface area (Å²) < 4.78 is 27.4. The highest BCUT2D eigenvalue weighted by Gasteiger charge is 2.22. The molecular formula is C17H19IN2O3S. The average molecular weight is 458 g/mol. The molecule has 0 aliphatic rings. The summed E-state index contributed by atoms with van der Waals surface area (Å²) in [6.07, 6.45) is 0. The van der Waals surface area contributed by atoms with E-state index in [4.69, 9.17) is 0 Å². The first-order valence-electron chi connectivity index (χ1n) is 7.56. The predicted octanol–water partition coefficient (Wildman–Crippen LogP) is 3.57. The number of amides is 1. The fraction of sp³-hybridized carbons (Fsp3) is 0.235. The summed E-state index contributed by atoms with van der Waals surface area (Å²) >= 11 is 2.13. The molecule has 2 aromatic carbocycles. The van der Waals surface area contributed by atoms with Crippen molar-refractivity contribution in [3.63, 3.8) is 0 Å². The molecule has 0 aliphatic carbocycles. The maximum absolute atomic E-state index is 12.6. The highest BCUT2D eigenvalue weighted by molar-refractivity contribution is 14.1. The number of nitrogens with zero attached hydrogens (tertiary/aromatic N) is 1. The van der Waals surface area contributed by atoms with Gasteiger partial charge in [0.2, 0.25) is 10.0 Å². The maximum atomic E-state index is 12.6. The van der Waals surface area contributed by atoms with E-state index in [-0.39, 0.29) is 10.8 Å². The van der Waals surface area contributed by atoms with Crippen LogP contribution < -0.4 is 5.32 Å². The molecule has 2 aromatic rings. The number of anilines is 1. The number of hydrogen-bond acceptors (Lipinski definition) is 3. The lowest BCUT2D eigenvalue weighted by Crippen LogP contribution is -2.30. The first-order chi connectivity index (χ1) is 11.4. The molecule has 0 unspecified atom stereocenters. The van der Waals surface area contributed by atoms with Gasteiger partial charge in [-0.25, -0.2) is 8.42 Å². The van der Waals surface area contributed by atoms with Gasteiger partial charge in [-0.2, -0.15) is 4.31 Å². The summed E-state index contributed by atoms with van der Waals surface area (Å²) in [6.45, 7) is 4.35. The SMILES string of the molecule is CCN(CC)S(=O)(=O)c1cccc(C(=O)Nc2ccccc2I)c1. The Morgan fingerprint density at radius 1 is 1.08 bits per heavy atom. The summed E-state index contributed by atoms with van der Waals surface area (Å²) in [7, 11) is -3.59. The zero-order valence-corrected chi connectivity index (χ0v) is 16.5. The molecule has 0 radical (unpaired) electrons. The van der Waals surface area contributed by atoms with Crippen molar-refractivity contribution in [3.8, 4) is 0 Å². The van der Waals surface area contributed by atoms with Gasteiger partial charge in [-0.3, -0.25) is 4.79 Å². The summed E-state index contributed by atoms with van der Waals surface area (Å²) in [5, 5.41) is 2.81. The van der Waals surface area contributed by atoms with Gasteiger partial charge >= 0.3 is 0 Å². The van der Waals surface area contributed by atoms with Gasteiger partial charge in [0, 0.05) is 22.2 Å². The Morgan fingerprint density at radius 2 is 1.75 bits per heavy atom. The third-order valence-electron chi connectivity index (χ3n) is 3.56. The summed E-state index contributed by atoms with van der Waals surface area (Å²) in [5.74, 6) is -0.337. The average Bonchev–Trinajstić information content (AvgIpc) is 2.58. The standard InChI is InChI=1S/C17H19IN2O3S/c1-3-20(4-2)24(22,23)14-9-7-8-13(12-14)17(21)19-16-11-6-5-10-15(16)18/h5-12H,3-4H2,1-2H3,(H,19,21). The lowest BCUT2D eigenvalue weighted by molar-refractivity contribution is 0.102. The van der Waals surface area contributed by atoms with Gasteiger partial charge in [-0.05, 0) is 52.9 Å². The first kappa shape index (κ1) is 18.9. The van der Waals surface area contributed by atoms with Crippen LogP contribution in [0, 0.1) is 3.57 Å². The van der Waals surface area contributed by atoms with Crippen molar-refractivity contribution >= 4 is 44.2 Å². The van der Waals surface area contributed by atoms with Gasteiger partial charge in [-0.15, -0.1) is 0 Å². The molecule has 0 fully saturated rings. The number of benzene rings is 2. The Bertz CT molecular complexity index is 833. The van der Waals surface area contributed by atoms with Crippen molar-refractivity contribution in [2.45, 2.75) is 18.7 Å². The molecule has 0 aromatic heterocycles. The van der Waals surface area contributed by atoms with E-state index in [0.29, 0.717) is 24.3 Å². The second kappa shape index (κ2) is 8.09. The molecule has 0 aliphatic heterocycles. The fourth-order valence-electron chi connectivity index (χ4n) is 2.27. The third-order valence-corrected chi connectivity index (χ3v) is 6.55. The van der Waals surface area contributed by atoms with E-state index < -0.39 is 10.0 Å².